The zero-order valence-electron chi connectivity index (χ0n) is 15.1. The van der Waals surface area contributed by atoms with Crippen LogP contribution in [-0.2, 0) is 0 Å². The van der Waals surface area contributed by atoms with Gasteiger partial charge in [-0.3, -0.25) is 14.4 Å². The van der Waals surface area contributed by atoms with Crippen LogP contribution in [0, 0.1) is 6.92 Å². The zero-order valence-corrected chi connectivity index (χ0v) is 15.1. The number of phenols is 1. The molecule has 0 amide bonds. The Morgan fingerprint density at radius 3 is 2.18 bits per heavy atom. The van der Waals surface area contributed by atoms with Crippen molar-refractivity contribution < 1.29 is 24.2 Å². The number of hydrogen-bond donors (Lipinski definition) is 1. The van der Waals surface area contributed by atoms with E-state index in [1.165, 1.54) is 12.1 Å². The van der Waals surface area contributed by atoms with Gasteiger partial charge in [0.1, 0.15) is 0 Å². The lowest BCUT2D eigenvalue weighted by atomic mass is 9.83. The van der Waals surface area contributed by atoms with E-state index in [9.17, 15) is 19.5 Å². The summed E-state index contributed by atoms with van der Waals surface area (Å²) in [7, 11) is 0. The standard InChI is InChI=1S/C23H16O5/c1-13-6-8-14(9-7-13)18(24)12-28-19-11-10-17-20(23(19)27)22(26)16-5-3-2-4-15(16)21(17)25/h2-11,27H,12H2,1H3. The van der Waals surface area contributed by atoms with Crippen LogP contribution in [0.5, 0.6) is 11.5 Å². The van der Waals surface area contributed by atoms with Crippen LogP contribution >= 0.6 is 0 Å². The van der Waals surface area contributed by atoms with Gasteiger partial charge in [-0.05, 0) is 19.1 Å². The molecule has 0 aromatic heterocycles. The van der Waals surface area contributed by atoms with E-state index in [1.807, 2.05) is 19.1 Å². The number of Topliss-reactive ketones (excluding diaryl/α,β-unsaturated/α-hetero) is 1. The van der Waals surface area contributed by atoms with Gasteiger partial charge in [-0.2, -0.15) is 0 Å². The number of aryl methyl sites for hydroxylation is 1. The molecule has 0 bridgehead atoms. The van der Waals surface area contributed by atoms with Gasteiger partial charge in [0.2, 0.25) is 0 Å². The molecule has 0 saturated heterocycles. The Morgan fingerprint density at radius 1 is 0.857 bits per heavy atom. The first-order chi connectivity index (χ1) is 13.5. The van der Waals surface area contributed by atoms with Crippen molar-refractivity contribution in [2.24, 2.45) is 0 Å². The molecule has 3 aromatic rings. The summed E-state index contributed by atoms with van der Waals surface area (Å²) in [4.78, 5) is 37.7. The van der Waals surface area contributed by atoms with E-state index in [-0.39, 0.29) is 40.6 Å². The van der Waals surface area contributed by atoms with E-state index in [0.29, 0.717) is 11.1 Å². The number of ether oxygens (including phenoxy) is 1. The number of carbonyl (C=O) groups excluding carboxylic acids is 3. The lowest BCUT2D eigenvalue weighted by Gasteiger charge is -2.19. The second-order valence-electron chi connectivity index (χ2n) is 6.62. The fourth-order valence-corrected chi connectivity index (χ4v) is 3.23. The minimum absolute atomic E-state index is 0.0141. The van der Waals surface area contributed by atoms with Crippen molar-refractivity contribution in [3.63, 3.8) is 0 Å². The van der Waals surface area contributed by atoms with E-state index in [2.05, 4.69) is 0 Å². The fraction of sp³-hybridized carbons (Fsp3) is 0.0870. The number of aromatic hydroxyl groups is 1. The van der Waals surface area contributed by atoms with E-state index in [1.54, 1.807) is 36.4 Å². The van der Waals surface area contributed by atoms with Crippen LogP contribution in [0.1, 0.15) is 47.8 Å². The van der Waals surface area contributed by atoms with Crippen LogP contribution < -0.4 is 4.74 Å². The van der Waals surface area contributed by atoms with Crippen molar-refractivity contribution in [3.8, 4) is 11.5 Å². The fourth-order valence-electron chi connectivity index (χ4n) is 3.23. The molecule has 0 aliphatic heterocycles. The number of ketones is 3. The van der Waals surface area contributed by atoms with Gasteiger partial charge in [0.05, 0.1) is 5.56 Å². The highest BCUT2D eigenvalue weighted by Gasteiger charge is 2.33. The predicted molar refractivity (Wildman–Crippen MR) is 102 cm³/mol. The van der Waals surface area contributed by atoms with Crippen molar-refractivity contribution in [3.05, 3.63) is 94.0 Å². The SMILES string of the molecule is Cc1ccc(C(=O)COc2ccc3c(c2O)C(=O)c2ccccc2C3=O)cc1. The predicted octanol–water partition coefficient (Wildman–Crippen LogP) is 3.74. The van der Waals surface area contributed by atoms with Gasteiger partial charge in [0, 0.05) is 22.3 Å². The average molecular weight is 372 g/mol. The molecule has 28 heavy (non-hydrogen) atoms. The monoisotopic (exact) mass is 372 g/mol. The van der Waals surface area contributed by atoms with Gasteiger partial charge in [-0.1, -0.05) is 54.1 Å². The zero-order chi connectivity index (χ0) is 19.8. The highest BCUT2D eigenvalue weighted by molar-refractivity contribution is 6.29. The highest BCUT2D eigenvalue weighted by atomic mass is 16.5. The van der Waals surface area contributed by atoms with E-state index in [0.717, 1.165) is 5.56 Å². The topological polar surface area (TPSA) is 80.7 Å². The summed E-state index contributed by atoms with van der Waals surface area (Å²) in [5.41, 5.74) is 2.10. The summed E-state index contributed by atoms with van der Waals surface area (Å²) in [6.07, 6.45) is 0. The van der Waals surface area contributed by atoms with Crippen LogP contribution in [0.3, 0.4) is 0 Å². The van der Waals surface area contributed by atoms with Crippen LogP contribution in [0.2, 0.25) is 0 Å². The third-order valence-corrected chi connectivity index (χ3v) is 4.76. The maximum atomic E-state index is 12.8. The molecule has 0 spiro atoms. The Hall–Kier alpha value is -3.73. The highest BCUT2D eigenvalue weighted by Crippen LogP contribution is 2.38. The van der Waals surface area contributed by atoms with Crippen LogP contribution in [0.15, 0.2) is 60.7 Å². The van der Waals surface area contributed by atoms with Crippen molar-refractivity contribution in [1.29, 1.82) is 0 Å². The van der Waals surface area contributed by atoms with Gasteiger partial charge in [0.15, 0.2) is 35.5 Å². The first kappa shape index (κ1) is 17.7. The molecule has 1 aliphatic carbocycles. The number of hydrogen-bond acceptors (Lipinski definition) is 5. The summed E-state index contributed by atoms with van der Waals surface area (Å²) in [5, 5.41) is 10.6. The van der Waals surface area contributed by atoms with E-state index >= 15 is 0 Å². The molecule has 0 atom stereocenters. The molecule has 4 rings (SSSR count). The minimum atomic E-state index is -0.446. The van der Waals surface area contributed by atoms with Gasteiger partial charge < -0.3 is 9.84 Å². The smallest absolute Gasteiger partial charge is 0.200 e. The number of phenolic OH excluding ortho intramolecular Hbond substituents is 1. The Bertz CT molecular complexity index is 1130. The Morgan fingerprint density at radius 2 is 1.50 bits per heavy atom. The van der Waals surface area contributed by atoms with Crippen LogP contribution in [-0.4, -0.2) is 29.1 Å². The largest absolute Gasteiger partial charge is 0.504 e. The molecule has 0 fully saturated rings. The van der Waals surface area contributed by atoms with Crippen molar-refractivity contribution in [1.82, 2.24) is 0 Å². The maximum Gasteiger partial charge on any atom is 0.200 e. The third kappa shape index (κ3) is 2.87. The van der Waals surface area contributed by atoms with Crippen LogP contribution in [0.25, 0.3) is 0 Å². The molecule has 1 N–H and O–H groups in total. The van der Waals surface area contributed by atoms with Crippen molar-refractivity contribution >= 4 is 17.3 Å². The first-order valence-corrected chi connectivity index (χ1v) is 8.74. The Labute approximate surface area is 161 Å². The molecule has 5 nitrogen and oxygen atoms in total. The molecule has 1 aliphatic rings. The van der Waals surface area contributed by atoms with Crippen LogP contribution in [0.4, 0.5) is 0 Å². The average Bonchev–Trinajstić information content (AvgIpc) is 2.71. The second kappa shape index (κ2) is 6.78. The number of rotatable bonds is 4. The normalized spacial score (nSPS) is 12.3. The summed E-state index contributed by atoms with van der Waals surface area (Å²) < 4.78 is 5.46. The lowest BCUT2D eigenvalue weighted by molar-refractivity contribution is 0.0918. The Balaban J connectivity index is 1.63. The number of fused-ring (bicyclic) bond motifs is 2. The molecule has 5 heteroatoms. The maximum absolute atomic E-state index is 12.8. The van der Waals surface area contributed by atoms with Gasteiger partial charge in [-0.15, -0.1) is 0 Å². The Kier molecular flexibility index (Phi) is 4.28. The molecule has 3 aromatic carbocycles. The quantitative estimate of drug-likeness (QED) is 0.552. The van der Waals surface area contributed by atoms with Gasteiger partial charge in [-0.25, -0.2) is 0 Å². The van der Waals surface area contributed by atoms with E-state index < -0.39 is 11.5 Å². The molecule has 0 radical (unpaired) electrons. The molecular weight excluding hydrogens is 356 g/mol. The number of carbonyl (C=O) groups is 3. The summed E-state index contributed by atoms with van der Waals surface area (Å²) in [6, 6.07) is 16.4. The molecule has 0 heterocycles. The van der Waals surface area contributed by atoms with Gasteiger partial charge >= 0.3 is 0 Å². The molecule has 138 valence electrons. The summed E-state index contributed by atoms with van der Waals surface area (Å²) in [6.45, 7) is 1.63. The van der Waals surface area contributed by atoms with Gasteiger partial charge in [0.25, 0.3) is 0 Å². The second-order valence-corrected chi connectivity index (χ2v) is 6.62. The molecular formula is C23H16O5. The minimum Gasteiger partial charge on any atom is -0.504 e. The molecule has 0 saturated carbocycles. The first-order valence-electron chi connectivity index (χ1n) is 8.74. The third-order valence-electron chi connectivity index (χ3n) is 4.76. The van der Waals surface area contributed by atoms with Crippen molar-refractivity contribution in [2.75, 3.05) is 6.61 Å². The lowest BCUT2D eigenvalue weighted by Crippen LogP contribution is -2.21. The molecule has 0 unspecified atom stereocenters. The summed E-state index contributed by atoms with van der Waals surface area (Å²) in [5.74, 6) is -1.48. The van der Waals surface area contributed by atoms with E-state index in [4.69, 9.17) is 4.74 Å². The van der Waals surface area contributed by atoms with Crippen molar-refractivity contribution in [2.45, 2.75) is 6.92 Å². The summed E-state index contributed by atoms with van der Waals surface area (Å²) >= 11 is 0. The number of benzene rings is 3.